The molecule has 9 aliphatic rings. The lowest BCUT2D eigenvalue weighted by molar-refractivity contribution is 0.0686. The molecule has 17 aromatic rings. The highest BCUT2D eigenvalue weighted by molar-refractivity contribution is 6.31. The van der Waals surface area contributed by atoms with Crippen LogP contribution in [0.2, 0.25) is 10.0 Å². The molecule has 5 aliphatic heterocycles. The molecule has 4 aliphatic carbocycles. The van der Waals surface area contributed by atoms with E-state index in [1.807, 2.05) is 158 Å². The molecule has 0 N–H and O–H groups in total. The fourth-order valence-electron chi connectivity index (χ4n) is 19.1. The van der Waals surface area contributed by atoms with Crippen LogP contribution in [0.3, 0.4) is 0 Å². The van der Waals surface area contributed by atoms with E-state index in [2.05, 4.69) is 69.9 Å². The lowest BCUT2D eigenvalue weighted by Gasteiger charge is -2.29. The topological polar surface area (TPSA) is 282 Å². The molecule has 127 heavy (non-hydrogen) atoms. The molecule has 19 heterocycles. The van der Waals surface area contributed by atoms with Crippen LogP contribution >= 0.6 is 23.2 Å². The van der Waals surface area contributed by atoms with Crippen molar-refractivity contribution in [1.82, 2.24) is 97.1 Å². The van der Waals surface area contributed by atoms with Gasteiger partial charge in [-0.1, -0.05) is 46.6 Å². The summed E-state index contributed by atoms with van der Waals surface area (Å²) in [6.07, 6.45) is 26.1. The lowest BCUT2D eigenvalue weighted by Crippen LogP contribution is -2.41. The fourth-order valence-corrected chi connectivity index (χ4v) is 19.4. The largest absolute Gasteiger partial charge is 0.497 e. The Balaban J connectivity index is 0.0000000938. The summed E-state index contributed by atoms with van der Waals surface area (Å²) in [5.74, 6) is 1.45. The molecule has 5 amide bonds. The summed E-state index contributed by atoms with van der Waals surface area (Å²) < 4.78 is 37.3. The third kappa shape index (κ3) is 13.8. The molecule has 634 valence electrons. The van der Waals surface area contributed by atoms with Crippen molar-refractivity contribution in [2.75, 3.05) is 44.7 Å². The van der Waals surface area contributed by atoms with Gasteiger partial charge in [-0.2, -0.15) is 5.10 Å². The Morgan fingerprint density at radius 3 is 1.24 bits per heavy atom. The van der Waals surface area contributed by atoms with E-state index >= 15 is 0 Å². The van der Waals surface area contributed by atoms with Crippen molar-refractivity contribution >= 4 is 119 Å². The quantitative estimate of drug-likeness (QED) is 0.116. The number of methoxy groups -OCH3 is 1. The summed E-state index contributed by atoms with van der Waals surface area (Å²) in [6, 6.07) is 44.9. The minimum Gasteiger partial charge on any atom is -0.497 e. The van der Waals surface area contributed by atoms with Crippen LogP contribution < -0.4 is 9.64 Å². The molecule has 0 radical (unpaired) electrons. The summed E-state index contributed by atoms with van der Waals surface area (Å²) in [5.41, 5.74) is 22.4. The number of rotatable bonds is 11. The van der Waals surface area contributed by atoms with E-state index in [9.17, 15) is 28.4 Å². The molecule has 0 unspecified atom stereocenters. The Hall–Kier alpha value is -14.3. The number of anilines is 1. The SMILES string of the molecule is COc1ccc(-c2c3n(c4cccnc24)CCN(C2CC2)C3=O)c(F)c1.Cc1cc(Cl)ccc1-c1c2n(c3cccnc13)CCN(C1CC1)C2=O.Cc1cc(N2CCn3c(c(-c4ccc(Cl)cc4)c4ncccc43)C2=O)no1.O=C1c2c(-c3ccc4ncnn4c3)c3ncccc3n2CCN1C1CC1.O=C1c2c(-c3cncnc3)c3ncccc3n2CCN1C1CC1. The highest BCUT2D eigenvalue weighted by atomic mass is 35.5. The molecule has 4 saturated carbocycles. The van der Waals surface area contributed by atoms with Crippen molar-refractivity contribution in [3.8, 4) is 61.4 Å². The van der Waals surface area contributed by atoms with Crippen molar-refractivity contribution < 1.29 is 37.6 Å². The normalized spacial score (nSPS) is 16.5. The highest BCUT2D eigenvalue weighted by Gasteiger charge is 2.45. The van der Waals surface area contributed by atoms with Crippen molar-refractivity contribution in [3.05, 3.63) is 257 Å². The molecule has 0 spiro atoms. The summed E-state index contributed by atoms with van der Waals surface area (Å²) in [5, 5.41) is 9.61. The van der Waals surface area contributed by atoms with Gasteiger partial charge in [-0.25, -0.2) is 23.9 Å². The van der Waals surface area contributed by atoms with Gasteiger partial charge >= 0.3 is 0 Å². The van der Waals surface area contributed by atoms with Gasteiger partial charge in [0.15, 0.2) is 11.5 Å². The first-order valence-electron chi connectivity index (χ1n) is 42.9. The first kappa shape index (κ1) is 78.6. The zero-order valence-electron chi connectivity index (χ0n) is 69.5. The van der Waals surface area contributed by atoms with E-state index in [1.54, 1.807) is 71.0 Å². The van der Waals surface area contributed by atoms with Gasteiger partial charge in [0.05, 0.1) is 62.3 Å². The maximum atomic E-state index is 14.9. The van der Waals surface area contributed by atoms with E-state index in [4.69, 9.17) is 32.5 Å². The van der Waals surface area contributed by atoms with Gasteiger partial charge in [-0.05, 0) is 191 Å². The second-order valence-electron chi connectivity index (χ2n) is 33.3. The van der Waals surface area contributed by atoms with E-state index in [0.717, 1.165) is 213 Å². The Bertz CT molecular complexity index is 7340. The minimum atomic E-state index is -0.415. The number of hydrogen-bond acceptors (Lipinski definition) is 17. The van der Waals surface area contributed by atoms with Crippen molar-refractivity contribution in [3.63, 3.8) is 0 Å². The Kier molecular flexibility index (Phi) is 19.6. The molecule has 28 nitrogen and oxygen atoms in total. The van der Waals surface area contributed by atoms with Crippen LogP contribution in [0.15, 0.2) is 206 Å². The first-order valence-corrected chi connectivity index (χ1v) is 43.6. The summed E-state index contributed by atoms with van der Waals surface area (Å²) in [7, 11) is 1.50. The fraction of sp³-hybridized carbons (Fsp3) is 0.260. The molecule has 31 heteroatoms. The number of halogens is 3. The van der Waals surface area contributed by atoms with Crippen LogP contribution in [0.4, 0.5) is 10.2 Å². The van der Waals surface area contributed by atoms with Gasteiger partial charge in [0.25, 0.3) is 29.5 Å². The van der Waals surface area contributed by atoms with Crippen LogP contribution in [0, 0.1) is 19.7 Å². The predicted octanol–water partition coefficient (Wildman–Crippen LogP) is 16.5. The average molecular weight is 1730 g/mol. The number of amides is 5. The Morgan fingerprint density at radius 1 is 0.402 bits per heavy atom. The van der Waals surface area contributed by atoms with Crippen LogP contribution in [-0.2, 0) is 32.7 Å². The number of ether oxygens (including phenoxy) is 1. The van der Waals surface area contributed by atoms with Crippen molar-refractivity contribution in [1.29, 1.82) is 0 Å². The van der Waals surface area contributed by atoms with Gasteiger partial charge in [0.1, 0.15) is 58.5 Å². The Labute approximate surface area is 735 Å². The number of nitrogens with zero attached hydrogens (tertiary/aromatic N) is 21. The van der Waals surface area contributed by atoms with Crippen molar-refractivity contribution in [2.45, 2.75) is 122 Å². The molecule has 0 atom stereocenters. The number of aromatic nitrogens is 16. The number of pyridine rings is 6. The number of carbonyl (C=O) groups is 5. The molecule has 26 rings (SSSR count). The summed E-state index contributed by atoms with van der Waals surface area (Å²) in [6.45, 7) is 11.2. The second kappa shape index (κ2) is 31.7. The number of carbonyl (C=O) groups excluding carboxylic acids is 5. The van der Waals surface area contributed by atoms with Crippen LogP contribution in [-0.4, -0.2) is 191 Å². The van der Waals surface area contributed by atoms with Crippen LogP contribution in [0.5, 0.6) is 5.75 Å². The molecule has 3 aromatic carbocycles. The van der Waals surface area contributed by atoms with Gasteiger partial charge in [-0.15, -0.1) is 0 Å². The third-order valence-corrected chi connectivity index (χ3v) is 26.0. The van der Waals surface area contributed by atoms with Crippen LogP contribution in [0.25, 0.3) is 116 Å². The number of fused-ring (bicyclic) bond motifs is 16. The average Bonchev–Trinajstić information content (AvgIpc) is 1.60. The molecular formula is C96H82Cl2FN21O7. The molecule has 0 saturated heterocycles. The first-order chi connectivity index (χ1) is 62.1. The van der Waals surface area contributed by atoms with E-state index in [1.165, 1.54) is 25.8 Å². The van der Waals surface area contributed by atoms with Gasteiger partial charge in [0.2, 0.25) is 0 Å². The van der Waals surface area contributed by atoms with E-state index < -0.39 is 5.82 Å². The molecule has 0 bridgehead atoms. The molecule has 4 fully saturated rings. The van der Waals surface area contributed by atoms with Gasteiger partial charge < -0.3 is 51.7 Å². The zero-order chi connectivity index (χ0) is 86.1. The standard InChI is InChI=1S/C20H15ClN4O2.C20H18ClN3O.C20H18FN3O2.C19H16N6O.C17H15N5O/c1-12-11-16(23-27-12)25-10-9-24-15-3-2-8-22-18(15)17(19(24)20(25)26)13-4-6-14(21)7-5-13;1-12-11-13(21)4-7-15(12)17-18-16(3-2-8-22-18)24-10-9-23(14-5-6-14)20(25)19(17)24;1-26-13-6-7-14(15(21)11-13)17-18-16(3-2-8-22-18)24-10-9-23(12-4-5-12)20(25)19(17)24;26-19-18-16(12-3-6-15-21-11-22-25(15)10-12)17-14(2-1-7-20-17)24(18)9-8-23(19)13-4-5-13;23-17-16-14(11-8-18-10-19-9-11)15-13(2-1-5-20-15)22(16)7-6-21(17)12-3-4-12/h2-8,11H,9-10H2,1H3;2-4,7-8,11,14H,5-6,9-10H2,1H3;2-3,6-8,11-12H,4-5,9-10H2,1H3;1-3,6-7,10-11,13H,4-5,8-9H2;1-2,5,8-10,12H,3-4,6-7H2. The monoisotopic (exact) mass is 1730 g/mol. The minimum absolute atomic E-state index is 0.0260. The van der Waals surface area contributed by atoms with E-state index in [-0.39, 0.29) is 29.5 Å². The second-order valence-corrected chi connectivity index (χ2v) is 34.2. The third-order valence-electron chi connectivity index (χ3n) is 25.5. The maximum Gasteiger partial charge on any atom is 0.276 e. The summed E-state index contributed by atoms with van der Waals surface area (Å²) >= 11 is 12.2. The number of aryl methyl sites for hydroxylation is 2. The molecule has 14 aromatic heterocycles. The van der Waals surface area contributed by atoms with Crippen LogP contribution in [0.1, 0.15) is 115 Å². The zero-order valence-corrected chi connectivity index (χ0v) is 71.0. The van der Waals surface area contributed by atoms with Crippen molar-refractivity contribution in [2.24, 2.45) is 0 Å². The predicted molar refractivity (Wildman–Crippen MR) is 478 cm³/mol. The maximum absolute atomic E-state index is 14.9. The van der Waals surface area contributed by atoms with Gasteiger partial charge in [0, 0.05) is 206 Å². The number of hydrogen-bond donors (Lipinski definition) is 0. The summed E-state index contributed by atoms with van der Waals surface area (Å²) in [4.78, 5) is 111. The Morgan fingerprint density at radius 2 is 0.803 bits per heavy atom. The van der Waals surface area contributed by atoms with E-state index in [0.29, 0.717) is 106 Å². The lowest BCUT2D eigenvalue weighted by atomic mass is 9.98. The van der Waals surface area contributed by atoms with Gasteiger partial charge in [-0.3, -0.25) is 53.8 Å². The number of benzene rings is 3. The molecular weight excluding hydrogens is 1650 g/mol. The highest BCUT2D eigenvalue weighted by Crippen LogP contribution is 2.47. The smallest absolute Gasteiger partial charge is 0.276 e.